The van der Waals surface area contributed by atoms with E-state index in [0.29, 0.717) is 18.2 Å². The van der Waals surface area contributed by atoms with Gasteiger partial charge in [-0.1, -0.05) is 26.0 Å². The molecule has 0 aromatic heterocycles. The Balaban J connectivity index is 3.01. The van der Waals surface area contributed by atoms with Gasteiger partial charge in [0.2, 0.25) is 0 Å². The first-order valence-electron chi connectivity index (χ1n) is 5.39. The van der Waals surface area contributed by atoms with Gasteiger partial charge in [0.1, 0.15) is 5.75 Å². The molecule has 0 heterocycles. The molecule has 1 aromatic rings. The average Bonchev–Trinajstić information content (AvgIpc) is 2.28. The molecule has 16 heavy (non-hydrogen) atoms. The van der Waals surface area contributed by atoms with E-state index in [-0.39, 0.29) is 0 Å². The molecule has 0 aliphatic rings. The van der Waals surface area contributed by atoms with Crippen molar-refractivity contribution in [3.8, 4) is 5.75 Å². The normalized spacial score (nSPS) is 12.9. The third kappa shape index (κ3) is 2.95. The van der Waals surface area contributed by atoms with E-state index in [1.165, 1.54) is 5.56 Å². The minimum atomic E-state index is -0.652. The summed E-state index contributed by atoms with van der Waals surface area (Å²) in [7, 11) is 1.60. The molecule has 0 amide bonds. The van der Waals surface area contributed by atoms with Crippen LogP contribution in [-0.4, -0.2) is 18.8 Å². The van der Waals surface area contributed by atoms with Crippen LogP contribution in [0.4, 0.5) is 0 Å². The minimum Gasteiger partial charge on any atom is -0.496 e. The summed E-state index contributed by atoms with van der Waals surface area (Å²) in [4.78, 5) is 0. The number of hydrogen-bond acceptors (Lipinski definition) is 4. The van der Waals surface area contributed by atoms with Crippen LogP contribution in [0.15, 0.2) is 18.2 Å². The second-order valence-electron chi connectivity index (χ2n) is 4.08. The molecular weight excluding hydrogens is 204 g/mol. The van der Waals surface area contributed by atoms with Crippen LogP contribution in [0.3, 0.4) is 0 Å². The van der Waals surface area contributed by atoms with Crippen molar-refractivity contribution < 1.29 is 9.84 Å². The molecule has 1 unspecified atom stereocenters. The number of hydrazine groups is 1. The van der Waals surface area contributed by atoms with Gasteiger partial charge in [-0.3, -0.25) is 11.3 Å². The van der Waals surface area contributed by atoms with Gasteiger partial charge < -0.3 is 9.84 Å². The quantitative estimate of drug-likeness (QED) is 0.521. The fraction of sp³-hybridized carbons (Fsp3) is 0.500. The van der Waals surface area contributed by atoms with Crippen LogP contribution in [0.1, 0.15) is 37.0 Å². The summed E-state index contributed by atoms with van der Waals surface area (Å²) in [5.74, 6) is 6.33. The molecule has 1 atom stereocenters. The van der Waals surface area contributed by atoms with E-state index in [1.54, 1.807) is 7.11 Å². The summed E-state index contributed by atoms with van der Waals surface area (Å²) in [6, 6.07) is 5.85. The number of nitrogens with one attached hydrogen (secondary N) is 1. The van der Waals surface area contributed by atoms with Crippen molar-refractivity contribution >= 4 is 0 Å². The van der Waals surface area contributed by atoms with Gasteiger partial charge in [0.05, 0.1) is 13.2 Å². The zero-order valence-corrected chi connectivity index (χ0v) is 10.0. The summed E-state index contributed by atoms with van der Waals surface area (Å²) in [6.07, 6.45) is -0.652. The lowest BCUT2D eigenvalue weighted by atomic mass is 9.99. The maximum Gasteiger partial charge on any atom is 0.124 e. The predicted octanol–water partition coefficient (Wildman–Crippen LogP) is 1.32. The van der Waals surface area contributed by atoms with Gasteiger partial charge in [0.15, 0.2) is 0 Å². The van der Waals surface area contributed by atoms with Crippen LogP contribution in [-0.2, 0) is 0 Å². The van der Waals surface area contributed by atoms with Crippen LogP contribution in [0.2, 0.25) is 0 Å². The lowest BCUT2D eigenvalue weighted by Crippen LogP contribution is -2.27. The molecular formula is C12H20N2O2. The molecule has 4 nitrogen and oxygen atoms in total. The summed E-state index contributed by atoms with van der Waals surface area (Å²) >= 11 is 0. The summed E-state index contributed by atoms with van der Waals surface area (Å²) < 4.78 is 5.28. The third-order valence-corrected chi connectivity index (χ3v) is 2.59. The van der Waals surface area contributed by atoms with E-state index < -0.39 is 6.10 Å². The monoisotopic (exact) mass is 224 g/mol. The van der Waals surface area contributed by atoms with Gasteiger partial charge in [-0.15, -0.1) is 0 Å². The highest BCUT2D eigenvalue weighted by molar-refractivity contribution is 5.40. The molecule has 0 spiro atoms. The number of methoxy groups -OCH3 is 1. The van der Waals surface area contributed by atoms with Gasteiger partial charge in [-0.05, 0) is 17.5 Å². The summed E-state index contributed by atoms with van der Waals surface area (Å²) in [5.41, 5.74) is 4.39. The summed E-state index contributed by atoms with van der Waals surface area (Å²) in [6.45, 7) is 4.54. The van der Waals surface area contributed by atoms with Crippen LogP contribution < -0.4 is 16.0 Å². The second kappa shape index (κ2) is 5.84. The number of nitrogens with two attached hydrogens (primary N) is 1. The Labute approximate surface area is 96.4 Å². The van der Waals surface area contributed by atoms with Crippen molar-refractivity contribution in [3.63, 3.8) is 0 Å². The molecule has 0 saturated carbocycles. The lowest BCUT2D eigenvalue weighted by Gasteiger charge is -2.16. The number of ether oxygens (including phenoxy) is 1. The minimum absolute atomic E-state index is 0.303. The van der Waals surface area contributed by atoms with Gasteiger partial charge in [-0.2, -0.15) is 0 Å². The Morgan fingerprint density at radius 1 is 1.44 bits per heavy atom. The van der Waals surface area contributed by atoms with Crippen molar-refractivity contribution in [1.29, 1.82) is 0 Å². The third-order valence-electron chi connectivity index (χ3n) is 2.59. The lowest BCUT2D eigenvalue weighted by molar-refractivity contribution is 0.171. The van der Waals surface area contributed by atoms with E-state index in [2.05, 4.69) is 19.3 Å². The highest BCUT2D eigenvalue weighted by Crippen LogP contribution is 2.28. The zero-order valence-electron chi connectivity index (χ0n) is 10.0. The van der Waals surface area contributed by atoms with Gasteiger partial charge in [0.25, 0.3) is 0 Å². The van der Waals surface area contributed by atoms with Crippen molar-refractivity contribution in [1.82, 2.24) is 5.43 Å². The van der Waals surface area contributed by atoms with Gasteiger partial charge >= 0.3 is 0 Å². The molecule has 1 rings (SSSR count). The standard InChI is InChI=1S/C12H20N2O2/c1-8(2)9-4-5-10(11(15)7-14-13)12(6-9)16-3/h4-6,8,11,14-15H,7,13H2,1-3H3. The first-order chi connectivity index (χ1) is 7.60. The van der Waals surface area contributed by atoms with Crippen molar-refractivity contribution in [2.45, 2.75) is 25.9 Å². The molecule has 90 valence electrons. The van der Waals surface area contributed by atoms with E-state index >= 15 is 0 Å². The molecule has 0 aliphatic carbocycles. The maximum absolute atomic E-state index is 9.84. The number of benzene rings is 1. The SMILES string of the molecule is COc1cc(C(C)C)ccc1C(O)CNN. The highest BCUT2D eigenvalue weighted by atomic mass is 16.5. The fourth-order valence-electron chi connectivity index (χ4n) is 1.58. The average molecular weight is 224 g/mol. The summed E-state index contributed by atoms with van der Waals surface area (Å²) in [5, 5.41) is 9.84. The molecule has 0 aliphatic heterocycles. The van der Waals surface area contributed by atoms with E-state index in [4.69, 9.17) is 10.6 Å². The van der Waals surface area contributed by atoms with E-state index in [9.17, 15) is 5.11 Å². The van der Waals surface area contributed by atoms with Gasteiger partial charge in [-0.25, -0.2) is 0 Å². The Bertz CT molecular complexity index is 340. The maximum atomic E-state index is 9.84. The molecule has 0 fully saturated rings. The van der Waals surface area contributed by atoms with Gasteiger partial charge in [0, 0.05) is 12.1 Å². The molecule has 4 N–H and O–H groups in total. The Hall–Kier alpha value is -1.10. The first kappa shape index (κ1) is 13.0. The predicted molar refractivity (Wildman–Crippen MR) is 64.2 cm³/mol. The fourth-order valence-corrected chi connectivity index (χ4v) is 1.58. The molecule has 1 aromatic carbocycles. The molecule has 4 heteroatoms. The van der Waals surface area contributed by atoms with Crippen molar-refractivity contribution in [3.05, 3.63) is 29.3 Å². The second-order valence-corrected chi connectivity index (χ2v) is 4.08. The number of aliphatic hydroxyl groups excluding tert-OH is 1. The Morgan fingerprint density at radius 2 is 2.12 bits per heavy atom. The molecule has 0 bridgehead atoms. The Kier molecular flexibility index (Phi) is 4.73. The van der Waals surface area contributed by atoms with Crippen LogP contribution in [0.5, 0.6) is 5.75 Å². The van der Waals surface area contributed by atoms with Crippen LogP contribution >= 0.6 is 0 Å². The smallest absolute Gasteiger partial charge is 0.124 e. The largest absolute Gasteiger partial charge is 0.496 e. The molecule has 0 radical (unpaired) electrons. The van der Waals surface area contributed by atoms with Crippen LogP contribution in [0, 0.1) is 0 Å². The number of aliphatic hydroxyl groups is 1. The Morgan fingerprint density at radius 3 is 2.62 bits per heavy atom. The number of hydrogen-bond donors (Lipinski definition) is 3. The first-order valence-corrected chi connectivity index (χ1v) is 5.39. The van der Waals surface area contributed by atoms with Crippen LogP contribution in [0.25, 0.3) is 0 Å². The molecule has 0 saturated heterocycles. The van der Waals surface area contributed by atoms with Crippen molar-refractivity contribution in [2.75, 3.05) is 13.7 Å². The number of rotatable bonds is 5. The topological polar surface area (TPSA) is 67.5 Å². The van der Waals surface area contributed by atoms with E-state index in [0.717, 1.165) is 5.56 Å². The highest BCUT2D eigenvalue weighted by Gasteiger charge is 2.13. The van der Waals surface area contributed by atoms with Crippen molar-refractivity contribution in [2.24, 2.45) is 5.84 Å². The zero-order chi connectivity index (χ0) is 12.1. The van der Waals surface area contributed by atoms with E-state index in [1.807, 2.05) is 18.2 Å².